The zero-order valence-electron chi connectivity index (χ0n) is 13.6. The van der Waals surface area contributed by atoms with Gasteiger partial charge >= 0.3 is 0 Å². The monoisotopic (exact) mass is 284 g/mol. The predicted octanol–water partition coefficient (Wildman–Crippen LogP) is 2.46. The SMILES string of the molecule is CCCNC(C)(CCOC1CC(C)CC(C)C1)C(N)=O. The molecule has 0 saturated heterocycles. The van der Waals surface area contributed by atoms with Gasteiger partial charge in [-0.3, -0.25) is 4.79 Å². The molecule has 0 radical (unpaired) electrons. The van der Waals surface area contributed by atoms with Gasteiger partial charge in [0, 0.05) is 6.61 Å². The highest BCUT2D eigenvalue weighted by Crippen LogP contribution is 2.30. The third-order valence-electron chi connectivity index (χ3n) is 4.40. The number of carbonyl (C=O) groups is 1. The molecular formula is C16H32N2O2. The van der Waals surface area contributed by atoms with Crippen LogP contribution in [0.15, 0.2) is 0 Å². The second kappa shape index (κ2) is 7.99. The summed E-state index contributed by atoms with van der Waals surface area (Å²) in [6, 6.07) is 0. The molecule has 1 aliphatic carbocycles. The number of rotatable bonds is 8. The zero-order chi connectivity index (χ0) is 15.2. The number of hydrogen-bond acceptors (Lipinski definition) is 3. The van der Waals surface area contributed by atoms with E-state index in [1.54, 1.807) is 0 Å². The van der Waals surface area contributed by atoms with E-state index in [1.807, 2.05) is 6.92 Å². The van der Waals surface area contributed by atoms with Gasteiger partial charge in [0.2, 0.25) is 5.91 Å². The highest BCUT2D eigenvalue weighted by atomic mass is 16.5. The summed E-state index contributed by atoms with van der Waals surface area (Å²) >= 11 is 0. The van der Waals surface area contributed by atoms with E-state index in [2.05, 4.69) is 26.1 Å². The quantitative estimate of drug-likeness (QED) is 0.719. The number of amides is 1. The Labute approximate surface area is 123 Å². The average molecular weight is 284 g/mol. The number of ether oxygens (including phenoxy) is 1. The summed E-state index contributed by atoms with van der Waals surface area (Å²) in [5.74, 6) is 1.19. The minimum absolute atomic E-state index is 0.292. The Bertz CT molecular complexity index is 299. The van der Waals surface area contributed by atoms with E-state index in [0.717, 1.165) is 37.6 Å². The molecule has 0 aromatic heterocycles. The normalized spacial score (nSPS) is 29.9. The topological polar surface area (TPSA) is 64.3 Å². The van der Waals surface area contributed by atoms with Crippen molar-refractivity contribution in [1.82, 2.24) is 5.32 Å². The van der Waals surface area contributed by atoms with Gasteiger partial charge in [0.15, 0.2) is 0 Å². The third kappa shape index (κ3) is 5.41. The van der Waals surface area contributed by atoms with E-state index in [9.17, 15) is 4.79 Å². The fourth-order valence-corrected chi connectivity index (χ4v) is 3.14. The lowest BCUT2D eigenvalue weighted by atomic mass is 9.82. The van der Waals surface area contributed by atoms with Crippen LogP contribution < -0.4 is 11.1 Å². The molecule has 1 saturated carbocycles. The average Bonchev–Trinajstić information content (AvgIpc) is 2.35. The first kappa shape index (κ1) is 17.4. The van der Waals surface area contributed by atoms with E-state index in [1.165, 1.54) is 6.42 Å². The van der Waals surface area contributed by atoms with Crippen LogP contribution in [0, 0.1) is 11.8 Å². The van der Waals surface area contributed by atoms with Gasteiger partial charge in [-0.2, -0.15) is 0 Å². The van der Waals surface area contributed by atoms with Crippen LogP contribution in [0.5, 0.6) is 0 Å². The lowest BCUT2D eigenvalue weighted by molar-refractivity contribution is -0.125. The van der Waals surface area contributed by atoms with Crippen molar-refractivity contribution >= 4 is 5.91 Å². The van der Waals surface area contributed by atoms with E-state index >= 15 is 0 Å². The maximum atomic E-state index is 11.6. The van der Waals surface area contributed by atoms with Crippen LogP contribution in [0.3, 0.4) is 0 Å². The van der Waals surface area contributed by atoms with Gasteiger partial charge in [-0.1, -0.05) is 20.8 Å². The standard InChI is InChI=1S/C16H32N2O2/c1-5-7-18-16(4,15(17)19)6-8-20-14-10-12(2)9-13(3)11-14/h12-14,18H,5-11H2,1-4H3,(H2,17,19). The van der Waals surface area contributed by atoms with Crippen LogP contribution in [0.4, 0.5) is 0 Å². The van der Waals surface area contributed by atoms with Crippen LogP contribution in [-0.4, -0.2) is 30.7 Å². The van der Waals surface area contributed by atoms with Crippen molar-refractivity contribution in [1.29, 1.82) is 0 Å². The van der Waals surface area contributed by atoms with Gasteiger partial charge in [-0.15, -0.1) is 0 Å². The fraction of sp³-hybridized carbons (Fsp3) is 0.938. The Morgan fingerprint density at radius 3 is 2.40 bits per heavy atom. The van der Waals surface area contributed by atoms with Crippen molar-refractivity contribution < 1.29 is 9.53 Å². The molecule has 1 fully saturated rings. The van der Waals surface area contributed by atoms with Gasteiger partial charge in [-0.25, -0.2) is 0 Å². The molecule has 3 unspecified atom stereocenters. The highest BCUT2D eigenvalue weighted by molar-refractivity contribution is 5.84. The summed E-state index contributed by atoms with van der Waals surface area (Å²) in [6.07, 6.45) is 5.55. The highest BCUT2D eigenvalue weighted by Gasteiger charge is 2.31. The molecule has 3 atom stereocenters. The molecule has 1 rings (SSSR count). The molecule has 0 spiro atoms. The van der Waals surface area contributed by atoms with Gasteiger partial charge in [0.05, 0.1) is 11.6 Å². The largest absolute Gasteiger partial charge is 0.378 e. The molecule has 0 heterocycles. The Morgan fingerprint density at radius 1 is 1.30 bits per heavy atom. The third-order valence-corrected chi connectivity index (χ3v) is 4.40. The predicted molar refractivity (Wildman–Crippen MR) is 82.4 cm³/mol. The fourth-order valence-electron chi connectivity index (χ4n) is 3.14. The Balaban J connectivity index is 2.38. The van der Waals surface area contributed by atoms with Crippen LogP contribution in [-0.2, 0) is 9.53 Å². The molecule has 3 N–H and O–H groups in total. The summed E-state index contributed by atoms with van der Waals surface area (Å²) < 4.78 is 6.00. The minimum atomic E-state index is -0.651. The van der Waals surface area contributed by atoms with E-state index in [-0.39, 0.29) is 5.91 Å². The summed E-state index contributed by atoms with van der Waals surface area (Å²) in [6.45, 7) is 9.94. The van der Waals surface area contributed by atoms with Crippen LogP contribution in [0.2, 0.25) is 0 Å². The molecule has 4 nitrogen and oxygen atoms in total. The van der Waals surface area contributed by atoms with E-state index in [4.69, 9.17) is 10.5 Å². The lowest BCUT2D eigenvalue weighted by Crippen LogP contribution is -2.54. The molecule has 0 aromatic carbocycles. The van der Waals surface area contributed by atoms with Crippen LogP contribution in [0.1, 0.15) is 59.8 Å². The summed E-state index contributed by atoms with van der Waals surface area (Å²) in [4.78, 5) is 11.6. The summed E-state index contributed by atoms with van der Waals surface area (Å²) in [7, 11) is 0. The Kier molecular flexibility index (Phi) is 6.96. The molecule has 0 bridgehead atoms. The number of nitrogens with two attached hydrogens (primary N) is 1. The number of carbonyl (C=O) groups excluding carboxylic acids is 1. The van der Waals surface area contributed by atoms with Crippen molar-refractivity contribution in [3.63, 3.8) is 0 Å². The second-order valence-electron chi connectivity index (χ2n) is 6.78. The van der Waals surface area contributed by atoms with Crippen molar-refractivity contribution in [2.24, 2.45) is 17.6 Å². The zero-order valence-corrected chi connectivity index (χ0v) is 13.6. The Morgan fingerprint density at radius 2 is 1.90 bits per heavy atom. The van der Waals surface area contributed by atoms with Crippen molar-refractivity contribution in [2.75, 3.05) is 13.2 Å². The minimum Gasteiger partial charge on any atom is -0.378 e. The lowest BCUT2D eigenvalue weighted by Gasteiger charge is -2.33. The number of hydrogen-bond donors (Lipinski definition) is 2. The molecule has 4 heteroatoms. The molecule has 0 aliphatic heterocycles. The number of nitrogens with one attached hydrogen (secondary N) is 1. The van der Waals surface area contributed by atoms with Crippen molar-refractivity contribution in [3.05, 3.63) is 0 Å². The Hall–Kier alpha value is -0.610. The van der Waals surface area contributed by atoms with E-state index in [0.29, 0.717) is 19.1 Å². The molecule has 20 heavy (non-hydrogen) atoms. The molecular weight excluding hydrogens is 252 g/mol. The van der Waals surface area contributed by atoms with Gasteiger partial charge in [0.25, 0.3) is 0 Å². The molecule has 0 aromatic rings. The smallest absolute Gasteiger partial charge is 0.237 e. The first-order chi connectivity index (χ1) is 9.37. The summed E-state index contributed by atoms with van der Waals surface area (Å²) in [5.41, 5.74) is 4.87. The van der Waals surface area contributed by atoms with Crippen molar-refractivity contribution in [3.8, 4) is 0 Å². The first-order valence-electron chi connectivity index (χ1n) is 8.04. The first-order valence-corrected chi connectivity index (χ1v) is 8.04. The van der Waals surface area contributed by atoms with Crippen molar-refractivity contribution in [2.45, 2.75) is 71.4 Å². The molecule has 1 amide bonds. The second-order valence-corrected chi connectivity index (χ2v) is 6.78. The molecule has 1 aliphatic rings. The van der Waals surface area contributed by atoms with Gasteiger partial charge in [-0.05, 0) is 57.4 Å². The van der Waals surface area contributed by atoms with Crippen LogP contribution >= 0.6 is 0 Å². The van der Waals surface area contributed by atoms with Gasteiger partial charge in [0.1, 0.15) is 0 Å². The summed E-state index contributed by atoms with van der Waals surface area (Å²) in [5, 5.41) is 3.25. The van der Waals surface area contributed by atoms with Gasteiger partial charge < -0.3 is 15.8 Å². The van der Waals surface area contributed by atoms with Crippen LogP contribution in [0.25, 0.3) is 0 Å². The number of primary amides is 1. The maximum absolute atomic E-state index is 11.6. The molecule has 118 valence electrons. The van der Waals surface area contributed by atoms with E-state index < -0.39 is 5.54 Å². The maximum Gasteiger partial charge on any atom is 0.237 e.